The molecule has 0 radical (unpaired) electrons. The van der Waals surface area contributed by atoms with Crippen LogP contribution in [0.5, 0.6) is 0 Å². The number of halogens is 1. The second-order valence-corrected chi connectivity index (χ2v) is 7.00. The number of aryl methyl sites for hydroxylation is 1. The second-order valence-electron chi connectivity index (χ2n) is 7.00. The monoisotopic (exact) mass is 408 g/mol. The lowest BCUT2D eigenvalue weighted by Gasteiger charge is -2.17. The zero-order chi connectivity index (χ0) is 21.8. The lowest BCUT2D eigenvalue weighted by atomic mass is 10.1. The Bertz CT molecular complexity index is 1140. The van der Waals surface area contributed by atoms with Crippen molar-refractivity contribution in [2.75, 3.05) is 0 Å². The van der Waals surface area contributed by atoms with Gasteiger partial charge in [-0.1, -0.05) is 42.5 Å². The molecule has 0 aliphatic heterocycles. The maximum absolute atomic E-state index is 13.2. The highest BCUT2D eigenvalue weighted by molar-refractivity contribution is 5.96. The standard InChI is InChI=1S/C23H21FN2O4/c1-14-12-19(21(27)25-20(23(29)30)17-6-4-3-5-7-17)22(28)26(15(14)2)13-16-8-10-18(24)11-9-16/h3-12,20H,13H2,1-2H3,(H,25,27)(H,29,30). The molecule has 3 rings (SSSR count). The van der Waals surface area contributed by atoms with Crippen LogP contribution in [0.25, 0.3) is 0 Å². The van der Waals surface area contributed by atoms with E-state index in [1.165, 1.54) is 22.8 Å². The molecule has 3 aromatic rings. The molecule has 1 unspecified atom stereocenters. The molecule has 0 saturated carbocycles. The van der Waals surface area contributed by atoms with Crippen molar-refractivity contribution in [1.29, 1.82) is 0 Å². The van der Waals surface area contributed by atoms with Gasteiger partial charge in [0.05, 0.1) is 6.54 Å². The zero-order valence-electron chi connectivity index (χ0n) is 16.6. The first-order valence-electron chi connectivity index (χ1n) is 9.32. The van der Waals surface area contributed by atoms with Crippen LogP contribution < -0.4 is 10.9 Å². The Morgan fingerprint density at radius 2 is 1.70 bits per heavy atom. The summed E-state index contributed by atoms with van der Waals surface area (Å²) in [6.07, 6.45) is 0. The van der Waals surface area contributed by atoms with Crippen molar-refractivity contribution < 1.29 is 19.1 Å². The molecule has 0 aliphatic rings. The van der Waals surface area contributed by atoms with Gasteiger partial charge in [-0.3, -0.25) is 9.59 Å². The number of rotatable bonds is 6. The summed E-state index contributed by atoms with van der Waals surface area (Å²) in [6, 6.07) is 14.2. The minimum Gasteiger partial charge on any atom is -0.479 e. The van der Waals surface area contributed by atoms with Gasteiger partial charge in [-0.25, -0.2) is 9.18 Å². The van der Waals surface area contributed by atoms with E-state index in [1.54, 1.807) is 56.3 Å². The van der Waals surface area contributed by atoms with E-state index in [2.05, 4.69) is 5.32 Å². The number of carboxylic acid groups (broad SMARTS) is 1. The predicted molar refractivity (Wildman–Crippen MR) is 110 cm³/mol. The molecule has 2 aromatic carbocycles. The first-order valence-corrected chi connectivity index (χ1v) is 9.32. The molecule has 1 heterocycles. The van der Waals surface area contributed by atoms with Crippen LogP contribution in [0.3, 0.4) is 0 Å². The Balaban J connectivity index is 1.96. The smallest absolute Gasteiger partial charge is 0.330 e. The van der Waals surface area contributed by atoms with Crippen LogP contribution in [-0.4, -0.2) is 21.6 Å². The van der Waals surface area contributed by atoms with Crippen LogP contribution in [0.1, 0.15) is 38.8 Å². The van der Waals surface area contributed by atoms with Crippen molar-refractivity contribution in [2.24, 2.45) is 0 Å². The summed E-state index contributed by atoms with van der Waals surface area (Å²) in [5, 5.41) is 12.0. The Labute approximate surface area is 172 Å². The summed E-state index contributed by atoms with van der Waals surface area (Å²) in [4.78, 5) is 37.5. The third-order valence-electron chi connectivity index (χ3n) is 4.97. The Hall–Kier alpha value is -3.74. The van der Waals surface area contributed by atoms with Gasteiger partial charge < -0.3 is 15.0 Å². The average Bonchev–Trinajstić information content (AvgIpc) is 2.73. The van der Waals surface area contributed by atoms with Gasteiger partial charge in [0.15, 0.2) is 6.04 Å². The molecule has 1 aromatic heterocycles. The van der Waals surface area contributed by atoms with Crippen molar-refractivity contribution in [2.45, 2.75) is 26.4 Å². The lowest BCUT2D eigenvalue weighted by molar-refractivity contribution is -0.139. The number of carboxylic acids is 1. The summed E-state index contributed by atoms with van der Waals surface area (Å²) >= 11 is 0. The van der Waals surface area contributed by atoms with Crippen LogP contribution in [0.2, 0.25) is 0 Å². The summed E-state index contributed by atoms with van der Waals surface area (Å²) in [6.45, 7) is 3.68. The molecule has 154 valence electrons. The minimum atomic E-state index is -1.29. The van der Waals surface area contributed by atoms with Crippen molar-refractivity contribution in [3.8, 4) is 0 Å². The van der Waals surface area contributed by atoms with Crippen LogP contribution in [0.15, 0.2) is 65.5 Å². The van der Waals surface area contributed by atoms with Crippen molar-refractivity contribution in [3.05, 3.63) is 105 Å². The Kier molecular flexibility index (Phi) is 6.11. The number of aliphatic carboxylic acids is 1. The maximum Gasteiger partial charge on any atom is 0.330 e. The van der Waals surface area contributed by atoms with Gasteiger partial charge >= 0.3 is 5.97 Å². The molecule has 0 fully saturated rings. The number of carbonyl (C=O) groups excluding carboxylic acids is 1. The molecule has 1 amide bonds. The van der Waals surface area contributed by atoms with E-state index < -0.39 is 23.5 Å². The quantitative estimate of drug-likeness (QED) is 0.656. The van der Waals surface area contributed by atoms with Crippen molar-refractivity contribution >= 4 is 11.9 Å². The van der Waals surface area contributed by atoms with E-state index in [9.17, 15) is 23.9 Å². The molecule has 1 atom stereocenters. The van der Waals surface area contributed by atoms with E-state index in [-0.39, 0.29) is 17.9 Å². The first-order chi connectivity index (χ1) is 14.3. The number of carbonyl (C=O) groups is 2. The molecule has 30 heavy (non-hydrogen) atoms. The van der Waals surface area contributed by atoms with Crippen molar-refractivity contribution in [3.63, 3.8) is 0 Å². The zero-order valence-corrected chi connectivity index (χ0v) is 16.6. The Morgan fingerprint density at radius 3 is 2.30 bits per heavy atom. The van der Waals surface area contributed by atoms with E-state index >= 15 is 0 Å². The van der Waals surface area contributed by atoms with Crippen LogP contribution in [-0.2, 0) is 11.3 Å². The lowest BCUT2D eigenvalue weighted by Crippen LogP contribution is -2.38. The molecule has 7 heteroatoms. The van der Waals surface area contributed by atoms with Gasteiger partial charge in [0.1, 0.15) is 11.4 Å². The third-order valence-corrected chi connectivity index (χ3v) is 4.97. The van der Waals surface area contributed by atoms with Crippen LogP contribution in [0, 0.1) is 19.7 Å². The molecule has 0 spiro atoms. The van der Waals surface area contributed by atoms with Gasteiger partial charge in [-0.05, 0) is 48.7 Å². The molecule has 6 nitrogen and oxygen atoms in total. The van der Waals surface area contributed by atoms with E-state index in [4.69, 9.17) is 0 Å². The fourth-order valence-corrected chi connectivity index (χ4v) is 3.16. The number of aromatic nitrogens is 1. The van der Waals surface area contributed by atoms with E-state index in [1.807, 2.05) is 0 Å². The third kappa shape index (κ3) is 4.46. The minimum absolute atomic E-state index is 0.151. The van der Waals surface area contributed by atoms with Gasteiger partial charge in [-0.2, -0.15) is 0 Å². The van der Waals surface area contributed by atoms with Gasteiger partial charge in [0.25, 0.3) is 11.5 Å². The fourth-order valence-electron chi connectivity index (χ4n) is 3.16. The number of amides is 1. The molecule has 2 N–H and O–H groups in total. The number of hydrogen-bond acceptors (Lipinski definition) is 3. The summed E-state index contributed by atoms with van der Waals surface area (Å²) in [7, 11) is 0. The number of nitrogens with zero attached hydrogens (tertiary/aromatic N) is 1. The SMILES string of the molecule is Cc1cc(C(=O)NC(C(=O)O)c2ccccc2)c(=O)n(Cc2ccc(F)cc2)c1C. The number of pyridine rings is 1. The van der Waals surface area contributed by atoms with Gasteiger partial charge in [-0.15, -0.1) is 0 Å². The highest BCUT2D eigenvalue weighted by Crippen LogP contribution is 2.15. The summed E-state index contributed by atoms with van der Waals surface area (Å²) in [5.74, 6) is -2.38. The normalized spacial score (nSPS) is 11.7. The highest BCUT2D eigenvalue weighted by atomic mass is 19.1. The topological polar surface area (TPSA) is 88.4 Å². The number of nitrogens with one attached hydrogen (secondary N) is 1. The summed E-state index contributed by atoms with van der Waals surface area (Å²) < 4.78 is 14.6. The Morgan fingerprint density at radius 1 is 1.07 bits per heavy atom. The fraction of sp³-hybridized carbons (Fsp3) is 0.174. The van der Waals surface area contributed by atoms with E-state index in [0.717, 1.165) is 0 Å². The molecule has 0 aliphatic carbocycles. The van der Waals surface area contributed by atoms with Gasteiger partial charge in [0.2, 0.25) is 0 Å². The molecular weight excluding hydrogens is 387 g/mol. The van der Waals surface area contributed by atoms with Crippen LogP contribution >= 0.6 is 0 Å². The number of benzene rings is 2. The van der Waals surface area contributed by atoms with Crippen LogP contribution in [0.4, 0.5) is 4.39 Å². The van der Waals surface area contributed by atoms with Crippen molar-refractivity contribution in [1.82, 2.24) is 9.88 Å². The highest BCUT2D eigenvalue weighted by Gasteiger charge is 2.25. The molecular formula is C23H21FN2O4. The average molecular weight is 408 g/mol. The van der Waals surface area contributed by atoms with Gasteiger partial charge in [0, 0.05) is 5.69 Å². The van der Waals surface area contributed by atoms with E-state index in [0.29, 0.717) is 22.4 Å². The molecule has 0 saturated heterocycles. The maximum atomic E-state index is 13.2. The first kappa shape index (κ1) is 21.0. The summed E-state index contributed by atoms with van der Waals surface area (Å²) in [5.41, 5.74) is 1.77. The predicted octanol–water partition coefficient (Wildman–Crippen LogP) is 3.21. The largest absolute Gasteiger partial charge is 0.479 e. The second kappa shape index (κ2) is 8.73. The molecule has 0 bridgehead atoms. The number of hydrogen-bond donors (Lipinski definition) is 2.